The fraction of sp³-hybridized carbons (Fsp3) is 0.545. The minimum absolute atomic E-state index is 0.214. The highest BCUT2D eigenvalue weighted by molar-refractivity contribution is 5.91. The van der Waals surface area contributed by atoms with Crippen molar-refractivity contribution in [2.75, 3.05) is 19.8 Å². The second-order valence-electron chi connectivity index (χ2n) is 4.11. The number of carbonyl (C=O) groups excluding carboxylic acids is 1. The summed E-state index contributed by atoms with van der Waals surface area (Å²) in [6.07, 6.45) is 5.42. The summed E-state index contributed by atoms with van der Waals surface area (Å²) in [5.74, 6) is -0.321. The Labute approximate surface area is 99.0 Å². The zero-order valence-electron chi connectivity index (χ0n) is 9.43. The Bertz CT molecular complexity index is 377. The lowest BCUT2D eigenvalue weighted by Gasteiger charge is -2.31. The summed E-state index contributed by atoms with van der Waals surface area (Å²) in [5, 5.41) is 12.8. The van der Waals surface area contributed by atoms with Gasteiger partial charge < -0.3 is 15.2 Å². The van der Waals surface area contributed by atoms with E-state index in [1.807, 2.05) is 0 Å². The van der Waals surface area contributed by atoms with Crippen LogP contribution in [0.3, 0.4) is 0 Å². The van der Waals surface area contributed by atoms with Crippen molar-refractivity contribution < 1.29 is 14.6 Å². The fourth-order valence-corrected chi connectivity index (χ4v) is 1.68. The van der Waals surface area contributed by atoms with E-state index in [-0.39, 0.29) is 18.1 Å². The number of aromatic nitrogens is 2. The van der Waals surface area contributed by atoms with Crippen LogP contribution in [-0.2, 0) is 4.74 Å². The number of carbonyl (C=O) groups is 1. The molecule has 92 valence electrons. The van der Waals surface area contributed by atoms with Crippen molar-refractivity contribution in [3.63, 3.8) is 0 Å². The maximum atomic E-state index is 11.7. The molecule has 1 aliphatic heterocycles. The van der Waals surface area contributed by atoms with Crippen LogP contribution in [0.1, 0.15) is 23.3 Å². The second kappa shape index (κ2) is 5.20. The SMILES string of the molecule is O=C(NCC1(O)CCOCC1)c1cnccn1. The number of hydrogen-bond donors (Lipinski definition) is 2. The van der Waals surface area contributed by atoms with Crippen LogP contribution < -0.4 is 5.32 Å². The van der Waals surface area contributed by atoms with E-state index in [0.717, 1.165) is 0 Å². The van der Waals surface area contributed by atoms with E-state index in [1.165, 1.54) is 18.6 Å². The molecule has 6 heteroatoms. The lowest BCUT2D eigenvalue weighted by atomic mass is 9.94. The Morgan fingerprint density at radius 2 is 2.24 bits per heavy atom. The van der Waals surface area contributed by atoms with Crippen LogP contribution in [0, 0.1) is 0 Å². The second-order valence-corrected chi connectivity index (χ2v) is 4.11. The Morgan fingerprint density at radius 3 is 2.88 bits per heavy atom. The summed E-state index contributed by atoms with van der Waals surface area (Å²) in [5.41, 5.74) is -0.612. The number of amides is 1. The highest BCUT2D eigenvalue weighted by Crippen LogP contribution is 2.19. The largest absolute Gasteiger partial charge is 0.388 e. The summed E-state index contributed by atoms with van der Waals surface area (Å²) in [7, 11) is 0. The van der Waals surface area contributed by atoms with Gasteiger partial charge in [0.25, 0.3) is 5.91 Å². The Hall–Kier alpha value is -1.53. The first kappa shape index (κ1) is 11.9. The van der Waals surface area contributed by atoms with E-state index < -0.39 is 5.60 Å². The molecule has 0 aliphatic carbocycles. The van der Waals surface area contributed by atoms with Crippen LogP contribution in [0.25, 0.3) is 0 Å². The van der Waals surface area contributed by atoms with Crippen LogP contribution in [0.5, 0.6) is 0 Å². The molecule has 17 heavy (non-hydrogen) atoms. The topological polar surface area (TPSA) is 84.3 Å². The molecule has 2 N–H and O–H groups in total. The molecule has 1 fully saturated rings. The van der Waals surface area contributed by atoms with E-state index in [2.05, 4.69) is 15.3 Å². The molecule has 6 nitrogen and oxygen atoms in total. The van der Waals surface area contributed by atoms with Gasteiger partial charge in [0, 0.05) is 45.0 Å². The van der Waals surface area contributed by atoms with Crippen LogP contribution in [0.15, 0.2) is 18.6 Å². The molecular formula is C11H15N3O3. The van der Waals surface area contributed by atoms with Crippen molar-refractivity contribution in [3.8, 4) is 0 Å². The van der Waals surface area contributed by atoms with Gasteiger partial charge in [-0.2, -0.15) is 0 Å². The Balaban J connectivity index is 1.87. The van der Waals surface area contributed by atoms with Gasteiger partial charge in [0.05, 0.1) is 11.8 Å². The molecule has 0 aromatic carbocycles. The van der Waals surface area contributed by atoms with Gasteiger partial charge in [-0.15, -0.1) is 0 Å². The van der Waals surface area contributed by atoms with Crippen molar-refractivity contribution in [3.05, 3.63) is 24.3 Å². The van der Waals surface area contributed by atoms with Crippen molar-refractivity contribution in [1.82, 2.24) is 15.3 Å². The predicted octanol–water partition coefficient (Wildman–Crippen LogP) is -0.252. The van der Waals surface area contributed by atoms with E-state index in [9.17, 15) is 9.90 Å². The number of rotatable bonds is 3. The number of aliphatic hydroxyl groups is 1. The molecule has 1 aromatic heterocycles. The minimum Gasteiger partial charge on any atom is -0.388 e. The van der Waals surface area contributed by atoms with E-state index in [4.69, 9.17) is 4.74 Å². The van der Waals surface area contributed by atoms with Crippen LogP contribution in [0.2, 0.25) is 0 Å². The number of nitrogens with zero attached hydrogens (tertiary/aromatic N) is 2. The van der Waals surface area contributed by atoms with Gasteiger partial charge in [-0.1, -0.05) is 0 Å². The molecule has 1 aliphatic rings. The molecule has 0 radical (unpaired) electrons. The first-order chi connectivity index (χ1) is 8.20. The third kappa shape index (κ3) is 3.21. The van der Waals surface area contributed by atoms with E-state index in [0.29, 0.717) is 26.1 Å². The molecule has 0 atom stereocenters. The van der Waals surface area contributed by atoms with E-state index in [1.54, 1.807) is 0 Å². The molecule has 0 saturated carbocycles. The van der Waals surface area contributed by atoms with Gasteiger partial charge in [-0.05, 0) is 0 Å². The van der Waals surface area contributed by atoms with Crippen molar-refractivity contribution in [2.24, 2.45) is 0 Å². The first-order valence-electron chi connectivity index (χ1n) is 5.54. The van der Waals surface area contributed by atoms with Crippen LogP contribution in [-0.4, -0.2) is 46.3 Å². The summed E-state index contributed by atoms with van der Waals surface area (Å²) < 4.78 is 5.16. The van der Waals surface area contributed by atoms with Gasteiger partial charge >= 0.3 is 0 Å². The minimum atomic E-state index is -0.865. The highest BCUT2D eigenvalue weighted by Gasteiger charge is 2.30. The lowest BCUT2D eigenvalue weighted by molar-refractivity contribution is -0.0605. The Kier molecular flexibility index (Phi) is 3.65. The standard InChI is InChI=1S/C11H15N3O3/c15-10(9-7-12-3-4-13-9)14-8-11(16)1-5-17-6-2-11/h3-4,7,16H,1-2,5-6,8H2,(H,14,15). The highest BCUT2D eigenvalue weighted by atomic mass is 16.5. The molecule has 1 saturated heterocycles. The van der Waals surface area contributed by atoms with Gasteiger partial charge in [-0.3, -0.25) is 9.78 Å². The molecule has 2 heterocycles. The smallest absolute Gasteiger partial charge is 0.271 e. The van der Waals surface area contributed by atoms with E-state index >= 15 is 0 Å². The quantitative estimate of drug-likeness (QED) is 0.757. The third-order valence-electron chi connectivity index (χ3n) is 2.80. The Morgan fingerprint density at radius 1 is 1.47 bits per heavy atom. The maximum absolute atomic E-state index is 11.7. The van der Waals surface area contributed by atoms with Crippen molar-refractivity contribution in [1.29, 1.82) is 0 Å². The molecule has 2 rings (SSSR count). The van der Waals surface area contributed by atoms with Crippen LogP contribution >= 0.6 is 0 Å². The van der Waals surface area contributed by atoms with Gasteiger partial charge in [-0.25, -0.2) is 4.98 Å². The maximum Gasteiger partial charge on any atom is 0.271 e. The van der Waals surface area contributed by atoms with Crippen molar-refractivity contribution in [2.45, 2.75) is 18.4 Å². The number of ether oxygens (including phenoxy) is 1. The molecule has 0 unspecified atom stereocenters. The number of hydrogen-bond acceptors (Lipinski definition) is 5. The van der Waals surface area contributed by atoms with Gasteiger partial charge in [0.15, 0.2) is 0 Å². The fourth-order valence-electron chi connectivity index (χ4n) is 1.68. The van der Waals surface area contributed by atoms with Crippen LogP contribution in [0.4, 0.5) is 0 Å². The summed E-state index contributed by atoms with van der Waals surface area (Å²) in [6.45, 7) is 1.26. The third-order valence-corrected chi connectivity index (χ3v) is 2.80. The monoisotopic (exact) mass is 237 g/mol. The number of nitrogens with one attached hydrogen (secondary N) is 1. The molecule has 1 amide bonds. The average molecular weight is 237 g/mol. The van der Waals surface area contributed by atoms with Gasteiger partial charge in [0.2, 0.25) is 0 Å². The lowest BCUT2D eigenvalue weighted by Crippen LogP contribution is -2.46. The predicted molar refractivity (Wildman–Crippen MR) is 59.4 cm³/mol. The van der Waals surface area contributed by atoms with Crippen molar-refractivity contribution >= 4 is 5.91 Å². The molecule has 0 bridgehead atoms. The average Bonchev–Trinajstić information content (AvgIpc) is 2.38. The molecule has 0 spiro atoms. The summed E-state index contributed by atoms with van der Waals surface area (Å²) >= 11 is 0. The first-order valence-corrected chi connectivity index (χ1v) is 5.54. The normalized spacial score (nSPS) is 18.6. The summed E-state index contributed by atoms with van der Waals surface area (Å²) in [4.78, 5) is 19.4. The summed E-state index contributed by atoms with van der Waals surface area (Å²) in [6, 6.07) is 0. The molecular weight excluding hydrogens is 222 g/mol. The zero-order chi connectivity index (χ0) is 12.1. The zero-order valence-corrected chi connectivity index (χ0v) is 9.43. The van der Waals surface area contributed by atoms with Gasteiger partial charge in [0.1, 0.15) is 5.69 Å². The molecule has 1 aromatic rings.